The topological polar surface area (TPSA) is 151 Å². The number of carbonyl (C=O) groups excluding carboxylic acids is 4. The first-order valence-corrected chi connectivity index (χ1v) is 9.37. The Balaban J connectivity index is 2.04. The molecule has 1 fully saturated rings. The molecular weight excluding hydrogens is 457 g/mol. The summed E-state index contributed by atoms with van der Waals surface area (Å²) in [5.41, 5.74) is -0.344. The van der Waals surface area contributed by atoms with E-state index in [9.17, 15) is 32.3 Å². The molecule has 1 saturated heterocycles. The number of anilines is 1. The number of hydrogen-bond donors (Lipinski definition) is 4. The fourth-order valence-corrected chi connectivity index (χ4v) is 2.96. The average molecular weight is 471 g/mol. The zero-order valence-corrected chi connectivity index (χ0v) is 16.6. The second kappa shape index (κ2) is 9.71. The van der Waals surface area contributed by atoms with Crippen LogP contribution in [0.2, 0.25) is 0 Å². The van der Waals surface area contributed by atoms with Gasteiger partial charge in [0.05, 0.1) is 6.04 Å². The van der Waals surface area contributed by atoms with Gasteiger partial charge < -0.3 is 26.1 Å². The zero-order valence-electron chi connectivity index (χ0n) is 15.0. The second-order valence-electron chi connectivity index (χ2n) is 5.62. The van der Waals surface area contributed by atoms with Crippen molar-refractivity contribution in [3.63, 3.8) is 0 Å². The van der Waals surface area contributed by atoms with Crippen LogP contribution in [0.15, 0.2) is 10.5 Å². The van der Waals surface area contributed by atoms with E-state index in [2.05, 4.69) is 30.9 Å². The maximum Gasteiger partial charge on any atom is 0.471 e. The van der Waals surface area contributed by atoms with Crippen molar-refractivity contribution < 1.29 is 37.2 Å². The Kier molecular flexibility index (Phi) is 7.55. The third kappa shape index (κ3) is 5.79. The van der Waals surface area contributed by atoms with Gasteiger partial charge in [-0.3, -0.25) is 19.2 Å². The maximum absolute atomic E-state index is 12.5. The Bertz CT molecular complexity index is 876. The first kappa shape index (κ1) is 23.3. The van der Waals surface area contributed by atoms with Gasteiger partial charge in [-0.2, -0.15) is 13.2 Å². The smallest absolute Gasteiger partial charge is 0.398 e. The molecule has 0 bridgehead atoms. The highest BCUT2D eigenvalue weighted by Gasteiger charge is 2.44. The molecule has 4 amide bonds. The molecule has 0 unspecified atom stereocenters. The average Bonchev–Trinajstić information content (AvgIpc) is 3.13. The zero-order chi connectivity index (χ0) is 22.5. The number of oxime groups is 1. The van der Waals surface area contributed by atoms with Gasteiger partial charge in [0.25, 0.3) is 5.91 Å². The minimum absolute atomic E-state index is 0.00544. The number of carbonyl (C=O) groups is 4. The van der Waals surface area contributed by atoms with Crippen LogP contribution in [0.1, 0.15) is 5.69 Å². The summed E-state index contributed by atoms with van der Waals surface area (Å²) in [6.45, 7) is -0.558. The summed E-state index contributed by atoms with van der Waals surface area (Å²) in [4.78, 5) is 55.0. The van der Waals surface area contributed by atoms with E-state index in [1.54, 1.807) is 5.32 Å². The molecule has 16 heteroatoms. The lowest BCUT2D eigenvalue weighted by atomic mass is 9.98. The minimum Gasteiger partial charge on any atom is -0.398 e. The monoisotopic (exact) mass is 470 g/mol. The number of β-lactam (4-membered cyclic amide) rings is 1. The minimum atomic E-state index is -5.08. The summed E-state index contributed by atoms with van der Waals surface area (Å²) in [6, 6.07) is -2.19. The van der Waals surface area contributed by atoms with Crippen molar-refractivity contribution in [1.29, 1.82) is 0 Å². The summed E-state index contributed by atoms with van der Waals surface area (Å²) in [5, 5.41) is 13.6. The third-order valence-electron chi connectivity index (χ3n) is 3.55. The largest absolute Gasteiger partial charge is 0.471 e. The maximum atomic E-state index is 12.5. The molecule has 11 nitrogen and oxygen atoms in total. The number of thiazole rings is 1. The normalized spacial score (nSPS) is 18.7. The van der Waals surface area contributed by atoms with Gasteiger partial charge in [-0.15, -0.1) is 22.9 Å². The summed E-state index contributed by atoms with van der Waals surface area (Å²) in [7, 11) is 1.15. The Morgan fingerprint density at radius 1 is 1.40 bits per heavy atom. The second-order valence-corrected chi connectivity index (χ2v) is 6.74. The van der Waals surface area contributed by atoms with Crippen molar-refractivity contribution in [2.24, 2.45) is 5.16 Å². The number of nitrogens with zero attached hydrogens (tertiary/aromatic N) is 2. The number of alkyl halides is 4. The Hall–Kier alpha value is -2.94. The van der Waals surface area contributed by atoms with E-state index in [0.29, 0.717) is 0 Å². The van der Waals surface area contributed by atoms with Crippen LogP contribution in [0, 0.1) is 0 Å². The third-order valence-corrected chi connectivity index (χ3v) is 4.55. The fraction of sp³-hybridized carbons (Fsp3) is 0.429. The molecular formula is C14H14ClF3N6O5S. The van der Waals surface area contributed by atoms with Crippen molar-refractivity contribution in [3.8, 4) is 0 Å². The van der Waals surface area contributed by atoms with Crippen LogP contribution in [-0.2, 0) is 24.0 Å². The number of amides is 4. The van der Waals surface area contributed by atoms with Crippen molar-refractivity contribution in [1.82, 2.24) is 20.9 Å². The highest BCUT2D eigenvalue weighted by molar-refractivity contribution is 7.14. The molecule has 1 aliphatic heterocycles. The van der Waals surface area contributed by atoms with Gasteiger partial charge in [0.1, 0.15) is 24.7 Å². The van der Waals surface area contributed by atoms with E-state index < -0.39 is 48.4 Å². The van der Waals surface area contributed by atoms with Crippen LogP contribution >= 0.6 is 22.9 Å². The molecule has 164 valence electrons. The van der Waals surface area contributed by atoms with Crippen LogP contribution in [0.25, 0.3) is 0 Å². The Morgan fingerprint density at radius 3 is 2.67 bits per heavy atom. The van der Waals surface area contributed by atoms with E-state index >= 15 is 0 Å². The van der Waals surface area contributed by atoms with Crippen molar-refractivity contribution >= 4 is 57.4 Å². The van der Waals surface area contributed by atoms with Crippen LogP contribution in [0.4, 0.5) is 18.3 Å². The molecule has 1 aliphatic rings. The lowest BCUT2D eigenvalue weighted by molar-refractivity contribution is -0.173. The van der Waals surface area contributed by atoms with E-state index in [1.165, 1.54) is 5.38 Å². The van der Waals surface area contributed by atoms with E-state index in [4.69, 9.17) is 11.6 Å². The standard InChI is InChI=1S/C14H14ClF3N6O5S/c1-29-24-9(6-4-30-13(21-6)22-7(25)2-15)11(27)23-8-5(20-10(8)26)3-19-12(28)14(16,17)18/h4-5,8H,2-3H2,1H3,(H,19,28)(H,20,26)(H,23,27)(H,21,22,25)/b24-9-/t5-,8+/m0/s1. The van der Waals surface area contributed by atoms with Crippen LogP contribution in [0.5, 0.6) is 0 Å². The Labute approximate surface area is 175 Å². The summed E-state index contributed by atoms with van der Waals surface area (Å²) < 4.78 is 36.7. The van der Waals surface area contributed by atoms with Gasteiger partial charge in [-0.1, -0.05) is 5.16 Å². The Morgan fingerprint density at radius 2 is 2.10 bits per heavy atom. The van der Waals surface area contributed by atoms with Gasteiger partial charge in [-0.05, 0) is 0 Å². The highest BCUT2D eigenvalue weighted by atomic mass is 35.5. The predicted molar refractivity (Wildman–Crippen MR) is 97.9 cm³/mol. The number of halogens is 4. The van der Waals surface area contributed by atoms with E-state index in [0.717, 1.165) is 18.4 Å². The lowest BCUT2D eigenvalue weighted by Gasteiger charge is -2.37. The highest BCUT2D eigenvalue weighted by Crippen LogP contribution is 2.17. The molecule has 0 aromatic carbocycles. The van der Waals surface area contributed by atoms with Gasteiger partial charge >= 0.3 is 12.1 Å². The molecule has 1 aromatic rings. The SMILES string of the molecule is CO/N=C(\C(=O)N[C@H]1C(=O)N[C@H]1CNC(=O)C(F)(F)F)c1csc(NC(=O)CCl)n1. The van der Waals surface area contributed by atoms with Crippen LogP contribution in [0.3, 0.4) is 0 Å². The molecule has 2 atom stereocenters. The van der Waals surface area contributed by atoms with Crippen LogP contribution in [-0.4, -0.2) is 72.1 Å². The summed E-state index contributed by atoms with van der Waals surface area (Å²) in [6.07, 6.45) is -5.08. The molecule has 1 aromatic heterocycles. The van der Waals surface area contributed by atoms with Gasteiger partial charge in [0.2, 0.25) is 11.8 Å². The first-order chi connectivity index (χ1) is 14.1. The number of hydrogen-bond acceptors (Lipinski definition) is 8. The first-order valence-electron chi connectivity index (χ1n) is 7.96. The molecule has 0 spiro atoms. The number of rotatable bonds is 8. The van der Waals surface area contributed by atoms with E-state index in [1.807, 2.05) is 0 Å². The van der Waals surface area contributed by atoms with Crippen molar-refractivity contribution in [3.05, 3.63) is 11.1 Å². The number of aromatic nitrogens is 1. The molecule has 0 saturated carbocycles. The summed E-state index contributed by atoms with van der Waals surface area (Å²) in [5.74, 6) is -4.59. The van der Waals surface area contributed by atoms with Gasteiger partial charge in [0.15, 0.2) is 10.8 Å². The van der Waals surface area contributed by atoms with Crippen molar-refractivity contribution in [2.45, 2.75) is 18.3 Å². The fourth-order valence-electron chi connectivity index (χ4n) is 2.18. The van der Waals surface area contributed by atoms with Gasteiger partial charge in [-0.25, -0.2) is 4.98 Å². The molecule has 0 aliphatic carbocycles. The molecule has 0 radical (unpaired) electrons. The van der Waals surface area contributed by atoms with Crippen LogP contribution < -0.4 is 21.3 Å². The quantitative estimate of drug-likeness (QED) is 0.171. The molecule has 4 N–H and O–H groups in total. The molecule has 30 heavy (non-hydrogen) atoms. The van der Waals surface area contributed by atoms with Gasteiger partial charge in [0, 0.05) is 11.9 Å². The molecule has 2 heterocycles. The van der Waals surface area contributed by atoms with Crippen molar-refractivity contribution in [2.75, 3.05) is 24.9 Å². The predicted octanol–water partition coefficient (Wildman–Crippen LogP) is -0.667. The number of nitrogens with one attached hydrogen (secondary N) is 4. The lowest BCUT2D eigenvalue weighted by Crippen LogP contribution is -2.72. The van der Waals surface area contributed by atoms with E-state index in [-0.39, 0.29) is 22.4 Å². The summed E-state index contributed by atoms with van der Waals surface area (Å²) >= 11 is 6.35. The molecule has 2 rings (SSSR count).